The Labute approximate surface area is 188 Å². The van der Waals surface area contributed by atoms with E-state index in [9.17, 15) is 19.6 Å². The second-order valence-electron chi connectivity index (χ2n) is 11.1. The quantitative estimate of drug-likeness (QED) is 0.474. The number of hydrogen-bond acceptors (Lipinski definition) is 7. The zero-order valence-corrected chi connectivity index (χ0v) is 18.6. The molecule has 1 saturated heterocycles. The smallest absolute Gasteiger partial charge is 0.324 e. The fourth-order valence-electron chi connectivity index (χ4n) is 7.83. The number of carbonyl (C=O) groups is 3. The van der Waals surface area contributed by atoms with E-state index in [1.807, 2.05) is 0 Å². The number of esters is 1. The molecule has 32 heavy (non-hydrogen) atoms. The number of nitrogens with zero attached hydrogens (tertiary/aromatic N) is 2. The van der Waals surface area contributed by atoms with Gasteiger partial charge in [0.25, 0.3) is 0 Å². The van der Waals surface area contributed by atoms with Gasteiger partial charge in [0.15, 0.2) is 0 Å². The number of nitriles is 1. The van der Waals surface area contributed by atoms with Crippen molar-refractivity contribution >= 4 is 17.8 Å². The van der Waals surface area contributed by atoms with Crippen LogP contribution in [-0.2, 0) is 19.1 Å². The molecule has 6 aliphatic rings. The topological polar surface area (TPSA) is 152 Å². The maximum Gasteiger partial charge on any atom is 0.324 e. The van der Waals surface area contributed by atoms with Gasteiger partial charge in [-0.2, -0.15) is 5.26 Å². The van der Waals surface area contributed by atoms with Crippen molar-refractivity contribution < 1.29 is 19.1 Å². The number of carbonyl (C=O) groups excluding carboxylic acids is 3. The molecule has 2 unspecified atom stereocenters. The minimum Gasteiger partial charge on any atom is -0.458 e. The van der Waals surface area contributed by atoms with Gasteiger partial charge in [0, 0.05) is 6.04 Å². The van der Waals surface area contributed by atoms with Crippen molar-refractivity contribution in [3.8, 4) is 6.07 Å². The van der Waals surface area contributed by atoms with Crippen molar-refractivity contribution in [2.75, 3.05) is 7.05 Å². The number of rotatable bonds is 7. The van der Waals surface area contributed by atoms with Crippen molar-refractivity contribution in [1.82, 2.24) is 10.2 Å². The van der Waals surface area contributed by atoms with Crippen LogP contribution in [0.4, 0.5) is 0 Å². The van der Waals surface area contributed by atoms with Gasteiger partial charge in [0.1, 0.15) is 17.7 Å². The first-order valence-electron chi connectivity index (χ1n) is 11.8. The lowest BCUT2D eigenvalue weighted by molar-refractivity contribution is -0.207. The Morgan fingerprint density at radius 3 is 2.47 bits per heavy atom. The van der Waals surface area contributed by atoms with Gasteiger partial charge in [-0.1, -0.05) is 0 Å². The number of ether oxygens (including phenoxy) is 1. The lowest BCUT2D eigenvalue weighted by Crippen LogP contribution is -2.66. The molecule has 0 spiro atoms. The molecule has 6 fully saturated rings. The molecule has 5 saturated carbocycles. The Hall–Kier alpha value is -2.18. The molecule has 9 heteroatoms. The summed E-state index contributed by atoms with van der Waals surface area (Å²) in [6.07, 6.45) is 6.55. The van der Waals surface area contributed by atoms with Gasteiger partial charge >= 0.3 is 5.97 Å². The van der Waals surface area contributed by atoms with E-state index >= 15 is 0 Å². The van der Waals surface area contributed by atoms with E-state index in [4.69, 9.17) is 16.2 Å². The van der Waals surface area contributed by atoms with Gasteiger partial charge in [-0.25, -0.2) is 0 Å². The second kappa shape index (κ2) is 7.42. The molecule has 0 aromatic rings. The number of hydrogen-bond donors (Lipinski definition) is 3. The van der Waals surface area contributed by atoms with E-state index < -0.39 is 35.0 Å². The Balaban J connectivity index is 1.36. The van der Waals surface area contributed by atoms with E-state index in [2.05, 4.69) is 11.4 Å². The summed E-state index contributed by atoms with van der Waals surface area (Å²) in [7, 11) is 1.61. The van der Waals surface area contributed by atoms with Gasteiger partial charge in [-0.3, -0.25) is 14.4 Å². The summed E-state index contributed by atoms with van der Waals surface area (Å²) in [5.74, 6) is 0.0485. The second-order valence-corrected chi connectivity index (χ2v) is 11.1. The van der Waals surface area contributed by atoms with Gasteiger partial charge in [0.2, 0.25) is 11.8 Å². The molecule has 4 bridgehead atoms. The number of amides is 2. The number of likely N-dealkylation sites (N-methyl/N-ethyl adjacent to an activating group) is 1. The van der Waals surface area contributed by atoms with Crippen LogP contribution in [0.5, 0.6) is 0 Å². The summed E-state index contributed by atoms with van der Waals surface area (Å²) < 4.78 is 6.11. The summed E-state index contributed by atoms with van der Waals surface area (Å²) in [4.78, 5) is 39.6. The molecule has 6 rings (SSSR count). The summed E-state index contributed by atoms with van der Waals surface area (Å²) in [5, 5.41) is 12.4. The summed E-state index contributed by atoms with van der Waals surface area (Å²) in [6, 6.07) is 0.620. The van der Waals surface area contributed by atoms with Gasteiger partial charge in [-0.15, -0.1) is 0 Å². The fraction of sp³-hybridized carbons (Fsp3) is 0.826. The van der Waals surface area contributed by atoms with Crippen LogP contribution in [0.15, 0.2) is 0 Å². The average molecular weight is 444 g/mol. The van der Waals surface area contributed by atoms with Crippen LogP contribution < -0.4 is 16.8 Å². The highest BCUT2D eigenvalue weighted by atomic mass is 16.6. The van der Waals surface area contributed by atoms with Crippen LogP contribution >= 0.6 is 0 Å². The molecule has 1 heterocycles. The molecule has 1 aliphatic heterocycles. The number of fused-ring (bicyclic) bond motifs is 1. The Morgan fingerprint density at radius 2 is 1.88 bits per heavy atom. The van der Waals surface area contributed by atoms with Gasteiger partial charge < -0.3 is 26.4 Å². The third-order valence-electron chi connectivity index (χ3n) is 8.84. The number of nitrogens with two attached hydrogens (primary N) is 2. The van der Waals surface area contributed by atoms with Crippen LogP contribution in [0, 0.1) is 34.5 Å². The summed E-state index contributed by atoms with van der Waals surface area (Å²) in [6.45, 7) is 0. The van der Waals surface area contributed by atoms with E-state index in [1.165, 1.54) is 0 Å². The first kappa shape index (κ1) is 21.7. The third-order valence-corrected chi connectivity index (χ3v) is 8.84. The molecule has 7 atom stereocenters. The van der Waals surface area contributed by atoms with Gasteiger partial charge in [-0.05, 0) is 81.6 Å². The average Bonchev–Trinajstić information content (AvgIpc) is 3.39. The molecule has 0 aromatic carbocycles. The van der Waals surface area contributed by atoms with Crippen molar-refractivity contribution in [3.05, 3.63) is 0 Å². The molecular formula is C23H33N5O4. The van der Waals surface area contributed by atoms with Crippen molar-refractivity contribution in [2.24, 2.45) is 34.6 Å². The van der Waals surface area contributed by atoms with Crippen LogP contribution in [0.1, 0.15) is 57.8 Å². The first-order valence-corrected chi connectivity index (χ1v) is 11.8. The zero-order chi connectivity index (χ0) is 22.8. The molecule has 5 aliphatic carbocycles. The monoisotopic (exact) mass is 443 g/mol. The van der Waals surface area contributed by atoms with Gasteiger partial charge in [0.05, 0.1) is 18.5 Å². The van der Waals surface area contributed by atoms with Crippen molar-refractivity contribution in [1.29, 1.82) is 5.26 Å². The largest absolute Gasteiger partial charge is 0.458 e. The molecule has 5 N–H and O–H groups in total. The first-order chi connectivity index (χ1) is 15.2. The zero-order valence-electron chi connectivity index (χ0n) is 18.6. The van der Waals surface area contributed by atoms with Crippen LogP contribution in [0.25, 0.3) is 0 Å². The third kappa shape index (κ3) is 3.39. The molecule has 9 nitrogen and oxygen atoms in total. The molecule has 2 amide bonds. The van der Waals surface area contributed by atoms with Crippen molar-refractivity contribution in [3.63, 3.8) is 0 Å². The molecule has 0 radical (unpaired) electrons. The SMILES string of the molecule is CN[C@@H](CC(N)=O)C(=O)OC12CC3CC(C1)CC([C@H](N)C(=O)N1[C@H](C#N)C[C@@H]4C[C@@H]41)(C3)C2. The van der Waals surface area contributed by atoms with E-state index in [-0.39, 0.29) is 24.4 Å². The Morgan fingerprint density at radius 1 is 1.19 bits per heavy atom. The number of likely N-dealkylation sites (tertiary alicyclic amines) is 1. The van der Waals surface area contributed by atoms with Crippen LogP contribution in [0.2, 0.25) is 0 Å². The molecule has 0 aromatic heterocycles. The van der Waals surface area contributed by atoms with E-state index in [0.717, 1.165) is 44.9 Å². The van der Waals surface area contributed by atoms with E-state index in [1.54, 1.807) is 11.9 Å². The fourth-order valence-corrected chi connectivity index (χ4v) is 7.83. The maximum absolute atomic E-state index is 13.6. The predicted octanol–water partition coefficient (Wildman–Crippen LogP) is 0.172. The highest BCUT2D eigenvalue weighted by Crippen LogP contribution is 2.64. The van der Waals surface area contributed by atoms with Crippen LogP contribution in [-0.4, -0.2) is 59.5 Å². The lowest BCUT2D eigenvalue weighted by atomic mass is 9.46. The minimum atomic E-state index is -0.778. The maximum atomic E-state index is 13.6. The standard InChI is InChI=1S/C23H33N5O4/c1-27-16(5-18(25)29)21(31)32-23-8-12-2-13(9-23)7-22(6-12,11-23)19(26)20(30)28-15(10-24)3-14-4-17(14)28/h12-17,19,27H,2-9,11,26H2,1H3,(H2,25,29)/t12?,13?,14-,15+,16+,17+,19-,22?,23?/m1/s1. The van der Waals surface area contributed by atoms with Crippen LogP contribution in [0.3, 0.4) is 0 Å². The normalized spacial score (nSPS) is 42.7. The Bertz CT molecular complexity index is 870. The molecular weight excluding hydrogens is 410 g/mol. The Kier molecular flexibility index (Phi) is 5.02. The van der Waals surface area contributed by atoms with E-state index in [0.29, 0.717) is 24.2 Å². The minimum absolute atomic E-state index is 0.105. The highest BCUT2D eigenvalue weighted by molar-refractivity contribution is 5.85. The number of nitrogens with one attached hydrogen (secondary N) is 1. The lowest BCUT2D eigenvalue weighted by Gasteiger charge is -2.62. The molecule has 174 valence electrons. The number of piperidine rings is 1. The summed E-state index contributed by atoms with van der Waals surface area (Å²) >= 11 is 0. The summed E-state index contributed by atoms with van der Waals surface area (Å²) in [5.41, 5.74) is 11.0. The highest BCUT2D eigenvalue weighted by Gasteiger charge is 2.64. The van der Waals surface area contributed by atoms with Crippen molar-refractivity contribution in [2.45, 2.75) is 87.6 Å². The number of primary amides is 1. The predicted molar refractivity (Wildman–Crippen MR) is 113 cm³/mol.